The lowest BCUT2D eigenvalue weighted by Gasteiger charge is -1.92. The second kappa shape index (κ2) is 2.63. The zero-order valence-electron chi connectivity index (χ0n) is 4.90. The van der Waals surface area contributed by atoms with E-state index in [1.54, 1.807) is 6.07 Å². The molecule has 0 N–H and O–H groups in total. The summed E-state index contributed by atoms with van der Waals surface area (Å²) >= 11 is 11.2. The van der Waals surface area contributed by atoms with Crippen LogP contribution >= 0.6 is 23.2 Å². The van der Waals surface area contributed by atoms with Crippen molar-refractivity contribution in [2.24, 2.45) is 0 Å². The summed E-state index contributed by atoms with van der Waals surface area (Å²) in [6.07, 6.45) is 1.47. The van der Waals surface area contributed by atoms with Gasteiger partial charge in [-0.1, -0.05) is 11.6 Å². The van der Waals surface area contributed by atoms with Gasteiger partial charge in [0.25, 0.3) is 0 Å². The van der Waals surface area contributed by atoms with E-state index in [9.17, 15) is 0 Å². The fourth-order valence-corrected chi connectivity index (χ4v) is 0.803. The molecule has 50 valence electrons. The molecule has 9 heavy (non-hydrogen) atoms. The van der Waals surface area contributed by atoms with Crippen molar-refractivity contribution < 1.29 is 4.42 Å². The molecule has 1 rings (SSSR count). The van der Waals surface area contributed by atoms with Crippen LogP contribution in [0.3, 0.4) is 0 Å². The van der Waals surface area contributed by atoms with E-state index in [0.29, 0.717) is 10.8 Å². The number of halogens is 2. The maximum Gasteiger partial charge on any atom is 0.122 e. The third kappa shape index (κ3) is 1.63. The maximum absolute atomic E-state index is 5.66. The molecule has 0 saturated heterocycles. The van der Waals surface area contributed by atoms with Crippen LogP contribution in [-0.4, -0.2) is 0 Å². The summed E-state index contributed by atoms with van der Waals surface area (Å²) in [6, 6.07) is 1.71. The molecular weight excluding hydrogens is 159 g/mol. The molecule has 0 amide bonds. The minimum Gasteiger partial charge on any atom is -0.466 e. The molecule has 1 aromatic rings. The normalized spacial score (nSPS) is 13.7. The van der Waals surface area contributed by atoms with Gasteiger partial charge in [-0.05, 0) is 13.0 Å². The van der Waals surface area contributed by atoms with E-state index in [1.165, 1.54) is 6.26 Å². The highest BCUT2D eigenvalue weighted by molar-refractivity contribution is 6.30. The van der Waals surface area contributed by atoms with Crippen molar-refractivity contribution in [1.29, 1.82) is 0 Å². The maximum atomic E-state index is 5.66. The summed E-state index contributed by atoms with van der Waals surface area (Å²) < 4.78 is 4.96. The van der Waals surface area contributed by atoms with Gasteiger partial charge in [-0.3, -0.25) is 0 Å². The van der Waals surface area contributed by atoms with Gasteiger partial charge in [-0.2, -0.15) is 0 Å². The van der Waals surface area contributed by atoms with Crippen molar-refractivity contribution in [1.82, 2.24) is 0 Å². The molecule has 0 aliphatic rings. The zero-order chi connectivity index (χ0) is 6.85. The van der Waals surface area contributed by atoms with Gasteiger partial charge in [-0.25, -0.2) is 0 Å². The molecule has 0 aromatic carbocycles. The van der Waals surface area contributed by atoms with E-state index in [-0.39, 0.29) is 5.38 Å². The van der Waals surface area contributed by atoms with Crippen LogP contribution in [-0.2, 0) is 0 Å². The predicted octanol–water partition coefficient (Wildman–Crippen LogP) is 3.23. The summed E-state index contributed by atoms with van der Waals surface area (Å²) in [5.74, 6) is 0.710. The van der Waals surface area contributed by atoms with Gasteiger partial charge in [-0.15, -0.1) is 11.6 Å². The van der Waals surface area contributed by atoms with Gasteiger partial charge in [0.2, 0.25) is 0 Å². The Morgan fingerprint density at radius 2 is 2.33 bits per heavy atom. The van der Waals surface area contributed by atoms with Crippen LogP contribution < -0.4 is 0 Å². The number of hydrogen-bond donors (Lipinski definition) is 0. The number of furan rings is 1. The second-order valence-corrected chi connectivity index (χ2v) is 2.87. The van der Waals surface area contributed by atoms with Crippen LogP contribution in [0.5, 0.6) is 0 Å². The summed E-state index contributed by atoms with van der Waals surface area (Å²) in [5, 5.41) is 0.495. The fourth-order valence-electron chi connectivity index (χ4n) is 0.537. The standard InChI is InChI=1S/C6H6Cl2O/c1-4(7)6-2-5(8)3-9-6/h2-4H,1H3. The predicted molar refractivity (Wildman–Crippen MR) is 38.0 cm³/mol. The number of hydrogen-bond acceptors (Lipinski definition) is 1. The van der Waals surface area contributed by atoms with E-state index in [4.69, 9.17) is 27.6 Å². The number of alkyl halides is 1. The molecule has 1 nitrogen and oxygen atoms in total. The van der Waals surface area contributed by atoms with Gasteiger partial charge in [0.15, 0.2) is 0 Å². The molecular formula is C6H6Cl2O. The van der Waals surface area contributed by atoms with E-state index in [0.717, 1.165) is 0 Å². The van der Waals surface area contributed by atoms with Crippen molar-refractivity contribution in [3.05, 3.63) is 23.1 Å². The average molecular weight is 165 g/mol. The largest absolute Gasteiger partial charge is 0.466 e. The van der Waals surface area contributed by atoms with Crippen LogP contribution in [0.2, 0.25) is 5.02 Å². The highest BCUT2D eigenvalue weighted by atomic mass is 35.5. The van der Waals surface area contributed by atoms with E-state index >= 15 is 0 Å². The Labute approximate surface area is 63.6 Å². The van der Waals surface area contributed by atoms with E-state index < -0.39 is 0 Å². The van der Waals surface area contributed by atoms with Gasteiger partial charge in [0.05, 0.1) is 10.4 Å². The summed E-state index contributed by atoms with van der Waals surface area (Å²) in [4.78, 5) is 0. The monoisotopic (exact) mass is 164 g/mol. The van der Waals surface area contributed by atoms with E-state index in [2.05, 4.69) is 0 Å². The Balaban J connectivity index is 2.85. The van der Waals surface area contributed by atoms with Gasteiger partial charge < -0.3 is 4.42 Å². The van der Waals surface area contributed by atoms with Crippen molar-refractivity contribution in [2.75, 3.05) is 0 Å². The molecule has 1 atom stereocenters. The number of rotatable bonds is 1. The van der Waals surface area contributed by atoms with Crippen molar-refractivity contribution >= 4 is 23.2 Å². The molecule has 0 aliphatic heterocycles. The highest BCUT2D eigenvalue weighted by Crippen LogP contribution is 2.23. The molecule has 0 spiro atoms. The average Bonchev–Trinajstić information content (AvgIpc) is 2.14. The van der Waals surface area contributed by atoms with Crippen LogP contribution in [0.15, 0.2) is 16.7 Å². The van der Waals surface area contributed by atoms with Gasteiger partial charge >= 0.3 is 0 Å². The Kier molecular flexibility index (Phi) is 2.04. The van der Waals surface area contributed by atoms with Crippen LogP contribution in [0.1, 0.15) is 18.1 Å². The van der Waals surface area contributed by atoms with Crippen LogP contribution in [0.25, 0.3) is 0 Å². The molecule has 0 aliphatic carbocycles. The Hall–Kier alpha value is -0.140. The van der Waals surface area contributed by atoms with Gasteiger partial charge in [0, 0.05) is 0 Å². The summed E-state index contributed by atoms with van der Waals surface area (Å²) in [5.41, 5.74) is 0. The zero-order valence-corrected chi connectivity index (χ0v) is 6.41. The van der Waals surface area contributed by atoms with Crippen molar-refractivity contribution in [3.8, 4) is 0 Å². The molecule has 1 aromatic heterocycles. The van der Waals surface area contributed by atoms with Crippen LogP contribution in [0.4, 0.5) is 0 Å². The molecule has 0 fully saturated rings. The molecule has 0 saturated carbocycles. The molecule has 1 unspecified atom stereocenters. The highest BCUT2D eigenvalue weighted by Gasteiger charge is 2.04. The first-order valence-electron chi connectivity index (χ1n) is 2.58. The molecule has 0 bridgehead atoms. The fraction of sp³-hybridized carbons (Fsp3) is 0.333. The van der Waals surface area contributed by atoms with Crippen LogP contribution in [0, 0.1) is 0 Å². The third-order valence-corrected chi connectivity index (χ3v) is 1.39. The Morgan fingerprint density at radius 1 is 1.67 bits per heavy atom. The quantitative estimate of drug-likeness (QED) is 0.582. The first-order chi connectivity index (χ1) is 4.20. The minimum atomic E-state index is -0.0995. The van der Waals surface area contributed by atoms with E-state index in [1.807, 2.05) is 6.92 Å². The molecule has 0 radical (unpaired) electrons. The Morgan fingerprint density at radius 3 is 2.56 bits per heavy atom. The van der Waals surface area contributed by atoms with Crippen molar-refractivity contribution in [3.63, 3.8) is 0 Å². The minimum absolute atomic E-state index is 0.0995. The SMILES string of the molecule is CC(Cl)c1cc(Cl)co1. The third-order valence-electron chi connectivity index (χ3n) is 0.980. The second-order valence-electron chi connectivity index (χ2n) is 1.78. The first kappa shape index (κ1) is 6.97. The van der Waals surface area contributed by atoms with Crippen molar-refractivity contribution in [2.45, 2.75) is 12.3 Å². The lowest BCUT2D eigenvalue weighted by atomic mass is 10.4. The topological polar surface area (TPSA) is 13.1 Å². The smallest absolute Gasteiger partial charge is 0.122 e. The first-order valence-corrected chi connectivity index (χ1v) is 3.39. The molecule has 3 heteroatoms. The lowest BCUT2D eigenvalue weighted by Crippen LogP contribution is -1.75. The lowest BCUT2D eigenvalue weighted by molar-refractivity contribution is 0.511. The summed E-state index contributed by atoms with van der Waals surface area (Å²) in [6.45, 7) is 1.83. The summed E-state index contributed by atoms with van der Waals surface area (Å²) in [7, 11) is 0. The Bertz CT molecular complexity index is 193. The van der Waals surface area contributed by atoms with Gasteiger partial charge in [0.1, 0.15) is 12.0 Å². The molecule has 1 heterocycles.